The summed E-state index contributed by atoms with van der Waals surface area (Å²) in [5, 5.41) is 13.6. The van der Waals surface area contributed by atoms with Crippen LogP contribution < -0.4 is 10.9 Å². The quantitative estimate of drug-likeness (QED) is 0.468. The summed E-state index contributed by atoms with van der Waals surface area (Å²) in [7, 11) is 0. The van der Waals surface area contributed by atoms with E-state index in [-0.39, 0.29) is 30.4 Å². The molecule has 0 atom stereocenters. The minimum absolute atomic E-state index is 0.0129. The number of carbonyl (C=O) groups is 1. The van der Waals surface area contributed by atoms with Crippen molar-refractivity contribution in [2.75, 3.05) is 17.7 Å². The number of thioether (sulfide) groups is 1. The van der Waals surface area contributed by atoms with E-state index in [1.807, 2.05) is 0 Å². The van der Waals surface area contributed by atoms with Gasteiger partial charge in [0.25, 0.3) is 5.56 Å². The summed E-state index contributed by atoms with van der Waals surface area (Å²) in [5.41, 5.74) is 0.696. The fourth-order valence-electron chi connectivity index (χ4n) is 2.46. The third kappa shape index (κ3) is 4.62. The number of nitrogens with zero attached hydrogens (tertiary/aromatic N) is 2. The maximum Gasteiger partial charge on any atom is 0.262 e. The summed E-state index contributed by atoms with van der Waals surface area (Å²) in [4.78, 5) is 29.3. The molecule has 0 aliphatic carbocycles. The number of benzene rings is 2. The first-order chi connectivity index (χ1) is 13.0. The molecule has 1 aromatic heterocycles. The molecule has 0 fully saturated rings. The van der Waals surface area contributed by atoms with Gasteiger partial charge in [-0.3, -0.25) is 14.2 Å². The molecule has 3 aromatic rings. The Morgan fingerprint density at radius 2 is 2.00 bits per heavy atom. The minimum atomic E-state index is -0.317. The van der Waals surface area contributed by atoms with E-state index in [0.717, 1.165) is 11.8 Å². The number of aliphatic hydroxyl groups excluding tert-OH is 1. The first-order valence-corrected chi connectivity index (χ1v) is 9.72. The topological polar surface area (TPSA) is 84.2 Å². The molecule has 0 saturated heterocycles. The Kier molecular flexibility index (Phi) is 6.38. The van der Waals surface area contributed by atoms with Crippen LogP contribution in [0.25, 0.3) is 10.9 Å². The van der Waals surface area contributed by atoms with Crippen molar-refractivity contribution in [2.24, 2.45) is 0 Å². The maximum atomic E-state index is 12.6. The number of aliphatic hydroxyl groups is 1. The molecule has 0 bridgehead atoms. The second-order valence-corrected chi connectivity index (χ2v) is 7.34. The monoisotopic (exact) mass is 423 g/mol. The summed E-state index contributed by atoms with van der Waals surface area (Å²) in [5.74, 6) is -0.305. The largest absolute Gasteiger partial charge is 0.395 e. The molecule has 140 valence electrons. The summed E-state index contributed by atoms with van der Waals surface area (Å²) in [6, 6.07) is 11.7. The van der Waals surface area contributed by atoms with Crippen molar-refractivity contribution >= 4 is 57.5 Å². The molecule has 27 heavy (non-hydrogen) atoms. The summed E-state index contributed by atoms with van der Waals surface area (Å²) in [6.07, 6.45) is 0. The lowest BCUT2D eigenvalue weighted by molar-refractivity contribution is -0.113. The van der Waals surface area contributed by atoms with E-state index >= 15 is 0 Å². The number of aromatic nitrogens is 2. The SMILES string of the molecule is O=C(CSc1nc2ccccc2c(=O)n1CCO)Nc1cc(Cl)ccc1Cl. The van der Waals surface area contributed by atoms with E-state index < -0.39 is 0 Å². The van der Waals surface area contributed by atoms with Gasteiger partial charge in [0.2, 0.25) is 5.91 Å². The van der Waals surface area contributed by atoms with Gasteiger partial charge in [0.05, 0.1) is 40.5 Å². The Morgan fingerprint density at radius 3 is 2.78 bits per heavy atom. The Labute approximate surface area is 169 Å². The van der Waals surface area contributed by atoms with Crippen LogP contribution in [-0.2, 0) is 11.3 Å². The molecule has 1 amide bonds. The number of rotatable bonds is 6. The van der Waals surface area contributed by atoms with Gasteiger partial charge in [0, 0.05) is 5.02 Å². The first-order valence-electron chi connectivity index (χ1n) is 7.97. The third-order valence-corrected chi connectivity index (χ3v) is 5.23. The van der Waals surface area contributed by atoms with Crippen LogP contribution in [0.15, 0.2) is 52.4 Å². The number of carbonyl (C=O) groups excluding carboxylic acids is 1. The van der Waals surface area contributed by atoms with E-state index in [0.29, 0.717) is 31.8 Å². The molecule has 2 aromatic carbocycles. The van der Waals surface area contributed by atoms with E-state index in [4.69, 9.17) is 23.2 Å². The Balaban J connectivity index is 1.81. The smallest absolute Gasteiger partial charge is 0.262 e. The number of hydrogen-bond donors (Lipinski definition) is 2. The molecule has 0 aliphatic heterocycles. The van der Waals surface area contributed by atoms with Gasteiger partial charge in [-0.15, -0.1) is 0 Å². The third-order valence-electron chi connectivity index (χ3n) is 3.69. The van der Waals surface area contributed by atoms with Crippen molar-refractivity contribution in [1.82, 2.24) is 9.55 Å². The summed E-state index contributed by atoms with van der Waals surface area (Å²) < 4.78 is 1.37. The zero-order valence-electron chi connectivity index (χ0n) is 14.0. The zero-order chi connectivity index (χ0) is 19.4. The van der Waals surface area contributed by atoms with Crippen molar-refractivity contribution in [3.63, 3.8) is 0 Å². The molecular formula is C18H15Cl2N3O3S. The fourth-order valence-corrected chi connectivity index (χ4v) is 3.63. The lowest BCUT2D eigenvalue weighted by Gasteiger charge is -2.12. The van der Waals surface area contributed by atoms with Gasteiger partial charge in [-0.05, 0) is 30.3 Å². The number of anilines is 1. The molecule has 0 unspecified atom stereocenters. The van der Waals surface area contributed by atoms with Gasteiger partial charge in [-0.25, -0.2) is 4.98 Å². The van der Waals surface area contributed by atoms with E-state index in [2.05, 4.69) is 10.3 Å². The second-order valence-electron chi connectivity index (χ2n) is 5.55. The van der Waals surface area contributed by atoms with Crippen LogP contribution in [0.3, 0.4) is 0 Å². The van der Waals surface area contributed by atoms with Crippen molar-refractivity contribution in [3.05, 3.63) is 62.9 Å². The van der Waals surface area contributed by atoms with Gasteiger partial charge in [0.1, 0.15) is 0 Å². The fraction of sp³-hybridized carbons (Fsp3) is 0.167. The Bertz CT molecular complexity index is 1060. The van der Waals surface area contributed by atoms with Crippen molar-refractivity contribution in [2.45, 2.75) is 11.7 Å². The van der Waals surface area contributed by atoms with E-state index in [1.54, 1.807) is 42.5 Å². The van der Waals surface area contributed by atoms with E-state index in [9.17, 15) is 14.7 Å². The Morgan fingerprint density at radius 1 is 1.22 bits per heavy atom. The van der Waals surface area contributed by atoms with Crippen LogP contribution in [0.1, 0.15) is 0 Å². The van der Waals surface area contributed by atoms with Gasteiger partial charge >= 0.3 is 0 Å². The predicted molar refractivity (Wildman–Crippen MR) is 109 cm³/mol. The average Bonchev–Trinajstić information content (AvgIpc) is 2.66. The second kappa shape index (κ2) is 8.75. The lowest BCUT2D eigenvalue weighted by Crippen LogP contribution is -2.25. The number of hydrogen-bond acceptors (Lipinski definition) is 5. The standard InChI is InChI=1S/C18H15Cl2N3O3S/c19-11-5-6-13(20)15(9-11)21-16(25)10-27-18-22-14-4-2-1-3-12(14)17(26)23(18)7-8-24/h1-6,9,24H,7-8,10H2,(H,21,25). The van der Waals surface area contributed by atoms with Gasteiger partial charge in [-0.1, -0.05) is 47.1 Å². The predicted octanol–water partition coefficient (Wildman–Crippen LogP) is 3.43. The highest BCUT2D eigenvalue weighted by Crippen LogP contribution is 2.26. The highest BCUT2D eigenvalue weighted by Gasteiger charge is 2.14. The van der Waals surface area contributed by atoms with E-state index in [1.165, 1.54) is 4.57 Å². The van der Waals surface area contributed by atoms with Crippen LogP contribution in [0.4, 0.5) is 5.69 Å². The van der Waals surface area contributed by atoms with Crippen molar-refractivity contribution < 1.29 is 9.90 Å². The molecule has 1 heterocycles. The molecule has 0 aliphatic rings. The number of fused-ring (bicyclic) bond motifs is 1. The molecule has 0 radical (unpaired) electrons. The molecule has 3 rings (SSSR count). The Hall–Kier alpha value is -2.06. The number of para-hydroxylation sites is 1. The van der Waals surface area contributed by atoms with Crippen LogP contribution in [-0.4, -0.2) is 32.9 Å². The summed E-state index contributed by atoms with van der Waals surface area (Å²) >= 11 is 13.1. The van der Waals surface area contributed by atoms with Crippen molar-refractivity contribution in [1.29, 1.82) is 0 Å². The van der Waals surface area contributed by atoms with Crippen LogP contribution in [0.2, 0.25) is 10.0 Å². The molecular weight excluding hydrogens is 409 g/mol. The maximum absolute atomic E-state index is 12.6. The molecule has 0 spiro atoms. The first kappa shape index (κ1) is 19.7. The molecule has 6 nitrogen and oxygen atoms in total. The van der Waals surface area contributed by atoms with Gasteiger partial charge in [-0.2, -0.15) is 0 Å². The van der Waals surface area contributed by atoms with Crippen molar-refractivity contribution in [3.8, 4) is 0 Å². The van der Waals surface area contributed by atoms with Gasteiger partial charge < -0.3 is 10.4 Å². The highest BCUT2D eigenvalue weighted by molar-refractivity contribution is 7.99. The summed E-state index contributed by atoms with van der Waals surface area (Å²) in [6.45, 7) is -0.113. The number of halogens is 2. The zero-order valence-corrected chi connectivity index (χ0v) is 16.3. The van der Waals surface area contributed by atoms with Crippen LogP contribution >= 0.6 is 35.0 Å². The highest BCUT2D eigenvalue weighted by atomic mass is 35.5. The lowest BCUT2D eigenvalue weighted by atomic mass is 10.2. The molecule has 2 N–H and O–H groups in total. The minimum Gasteiger partial charge on any atom is -0.395 e. The average molecular weight is 424 g/mol. The molecule has 9 heteroatoms. The number of nitrogens with one attached hydrogen (secondary N) is 1. The molecule has 0 saturated carbocycles. The normalized spacial score (nSPS) is 10.9. The van der Waals surface area contributed by atoms with Crippen LogP contribution in [0, 0.1) is 0 Å². The number of amides is 1. The van der Waals surface area contributed by atoms with Gasteiger partial charge in [0.15, 0.2) is 5.16 Å². The van der Waals surface area contributed by atoms with Crippen LogP contribution in [0.5, 0.6) is 0 Å².